The number of carbonyl (C=O) groups excluding carboxylic acids is 2. The van der Waals surface area contributed by atoms with Crippen molar-refractivity contribution in [3.8, 4) is 0 Å². The molecule has 0 bridgehead atoms. The number of nitrogens with one attached hydrogen (secondary N) is 1. The number of hydrogen-bond donors (Lipinski definition) is 1. The van der Waals surface area contributed by atoms with E-state index >= 15 is 0 Å². The summed E-state index contributed by atoms with van der Waals surface area (Å²) in [5, 5.41) is 2.31. The molecular formula is C24H35N5O4. The van der Waals surface area contributed by atoms with Crippen LogP contribution in [0.4, 0.5) is 21.0 Å². The summed E-state index contributed by atoms with van der Waals surface area (Å²) in [5.74, 6) is 0.926. The van der Waals surface area contributed by atoms with Gasteiger partial charge in [0.05, 0.1) is 37.2 Å². The third-order valence-corrected chi connectivity index (χ3v) is 6.55. The summed E-state index contributed by atoms with van der Waals surface area (Å²) in [7, 11) is 1.37. The first-order valence-corrected chi connectivity index (χ1v) is 11.8. The number of ether oxygens (including phenoxy) is 2. The number of methoxy groups -OCH3 is 1. The molecule has 9 heteroatoms. The predicted molar refractivity (Wildman–Crippen MR) is 128 cm³/mol. The van der Waals surface area contributed by atoms with Crippen molar-refractivity contribution in [2.45, 2.75) is 51.7 Å². The van der Waals surface area contributed by atoms with Crippen LogP contribution in [0.5, 0.6) is 0 Å². The molecule has 0 spiro atoms. The maximum absolute atomic E-state index is 12.9. The molecule has 1 saturated heterocycles. The Bertz CT molecular complexity index is 905. The normalized spacial score (nSPS) is 25.3. The average Bonchev–Trinajstić information content (AvgIpc) is 3.26. The molecule has 0 aromatic heterocycles. The lowest BCUT2D eigenvalue weighted by Gasteiger charge is -2.40. The van der Waals surface area contributed by atoms with E-state index in [1.165, 1.54) is 7.11 Å². The van der Waals surface area contributed by atoms with Crippen molar-refractivity contribution in [2.24, 2.45) is 10.9 Å². The summed E-state index contributed by atoms with van der Waals surface area (Å²) >= 11 is 0. The number of nitrogens with zero attached hydrogens (tertiary/aromatic N) is 4. The lowest BCUT2D eigenvalue weighted by atomic mass is 9.96. The highest BCUT2D eigenvalue weighted by Gasteiger charge is 2.37. The van der Waals surface area contributed by atoms with E-state index in [9.17, 15) is 9.59 Å². The minimum Gasteiger partial charge on any atom is -0.452 e. The smallest absolute Gasteiger partial charge is 0.414 e. The van der Waals surface area contributed by atoms with Crippen LogP contribution in [0.25, 0.3) is 0 Å². The van der Waals surface area contributed by atoms with Crippen LogP contribution >= 0.6 is 0 Å². The second-order valence-corrected chi connectivity index (χ2v) is 9.42. The van der Waals surface area contributed by atoms with Crippen LogP contribution in [0, 0.1) is 5.92 Å². The number of carbonyl (C=O) groups is 2. The molecule has 0 radical (unpaired) electrons. The number of rotatable bonds is 4. The van der Waals surface area contributed by atoms with Gasteiger partial charge in [-0.05, 0) is 63.4 Å². The Kier molecular flexibility index (Phi) is 7.19. The van der Waals surface area contributed by atoms with Gasteiger partial charge in [0.2, 0.25) is 0 Å². The number of aliphatic imine (C=N–C) groups is 1. The van der Waals surface area contributed by atoms with Crippen molar-refractivity contribution in [2.75, 3.05) is 49.6 Å². The maximum atomic E-state index is 12.9. The van der Waals surface area contributed by atoms with Crippen molar-refractivity contribution < 1.29 is 19.1 Å². The Hall–Kier alpha value is -2.65. The van der Waals surface area contributed by atoms with Crippen LogP contribution in [0.3, 0.4) is 0 Å². The average molecular weight is 458 g/mol. The van der Waals surface area contributed by atoms with Gasteiger partial charge in [-0.15, -0.1) is 0 Å². The van der Waals surface area contributed by atoms with Gasteiger partial charge in [-0.1, -0.05) is 6.07 Å². The number of fused-ring (bicyclic) bond motifs is 1. The van der Waals surface area contributed by atoms with Crippen LogP contribution in [0.15, 0.2) is 23.2 Å². The molecule has 180 valence electrons. The van der Waals surface area contributed by atoms with Crippen molar-refractivity contribution in [3.63, 3.8) is 0 Å². The third kappa shape index (κ3) is 5.14. The quantitative estimate of drug-likeness (QED) is 0.746. The zero-order chi connectivity index (χ0) is 23.5. The fourth-order valence-corrected chi connectivity index (χ4v) is 4.87. The summed E-state index contributed by atoms with van der Waals surface area (Å²) in [5.41, 5.74) is 6.02. The van der Waals surface area contributed by atoms with Gasteiger partial charge in [0.1, 0.15) is 0 Å². The van der Waals surface area contributed by atoms with Crippen LogP contribution < -0.4 is 15.2 Å². The molecular weight excluding hydrogens is 422 g/mol. The molecule has 3 heterocycles. The first-order chi connectivity index (χ1) is 15.9. The Morgan fingerprint density at radius 1 is 1.21 bits per heavy atom. The highest BCUT2D eigenvalue weighted by atomic mass is 16.6. The lowest BCUT2D eigenvalue weighted by molar-refractivity contribution is 0.121. The molecule has 1 fully saturated rings. The fraction of sp³-hybridized carbons (Fsp3) is 0.625. The van der Waals surface area contributed by atoms with E-state index in [1.807, 2.05) is 39.1 Å². The molecule has 4 rings (SSSR count). The third-order valence-electron chi connectivity index (χ3n) is 6.55. The molecule has 9 nitrogen and oxygen atoms in total. The molecule has 3 aliphatic rings. The predicted octanol–water partition coefficient (Wildman–Crippen LogP) is 3.40. The highest BCUT2D eigenvalue weighted by Crippen LogP contribution is 2.39. The molecule has 2 amide bonds. The molecule has 1 unspecified atom stereocenters. The number of amides is 2. The van der Waals surface area contributed by atoms with Crippen molar-refractivity contribution in [1.29, 1.82) is 0 Å². The van der Waals surface area contributed by atoms with Crippen LogP contribution in [-0.4, -0.2) is 75.4 Å². The SMILES string of the molecule is COC(=O)N1c2ccc(C3CNN(C[C@@H]4CC=NCC4)C3)cc2N(C(=O)OC(C)C)C[C@@H]1C. The Morgan fingerprint density at radius 3 is 2.73 bits per heavy atom. The highest BCUT2D eigenvalue weighted by molar-refractivity contribution is 6.01. The molecule has 0 aliphatic carbocycles. The van der Waals surface area contributed by atoms with Crippen molar-refractivity contribution in [3.05, 3.63) is 23.8 Å². The van der Waals surface area contributed by atoms with Gasteiger partial charge in [-0.3, -0.25) is 20.2 Å². The van der Waals surface area contributed by atoms with E-state index < -0.39 is 12.2 Å². The van der Waals surface area contributed by atoms with Gasteiger partial charge in [-0.2, -0.15) is 0 Å². The van der Waals surface area contributed by atoms with Gasteiger partial charge >= 0.3 is 12.2 Å². The minimum absolute atomic E-state index is 0.226. The maximum Gasteiger partial charge on any atom is 0.414 e. The van der Waals surface area contributed by atoms with E-state index in [4.69, 9.17) is 9.47 Å². The van der Waals surface area contributed by atoms with E-state index in [0.29, 0.717) is 29.8 Å². The summed E-state index contributed by atoms with van der Waals surface area (Å²) in [6.07, 6.45) is 3.16. The topological polar surface area (TPSA) is 86.7 Å². The monoisotopic (exact) mass is 457 g/mol. The zero-order valence-electron chi connectivity index (χ0n) is 20.0. The molecule has 0 saturated carbocycles. The second-order valence-electron chi connectivity index (χ2n) is 9.42. The molecule has 1 aromatic rings. The molecule has 1 N–H and O–H groups in total. The summed E-state index contributed by atoms with van der Waals surface area (Å²) in [6, 6.07) is 5.77. The largest absolute Gasteiger partial charge is 0.452 e. The second kappa shape index (κ2) is 10.1. The first-order valence-electron chi connectivity index (χ1n) is 11.8. The number of benzene rings is 1. The Labute approximate surface area is 195 Å². The molecule has 3 atom stereocenters. The van der Waals surface area contributed by atoms with E-state index in [1.54, 1.807) is 9.80 Å². The van der Waals surface area contributed by atoms with Gasteiger partial charge in [-0.25, -0.2) is 14.6 Å². The Balaban J connectivity index is 1.57. The van der Waals surface area contributed by atoms with Crippen LogP contribution in [-0.2, 0) is 9.47 Å². The summed E-state index contributed by atoms with van der Waals surface area (Å²) in [6.45, 7) is 9.58. The van der Waals surface area contributed by atoms with E-state index in [-0.39, 0.29) is 12.1 Å². The van der Waals surface area contributed by atoms with E-state index in [2.05, 4.69) is 21.5 Å². The molecule has 1 aromatic carbocycles. The zero-order valence-corrected chi connectivity index (χ0v) is 20.0. The lowest BCUT2D eigenvalue weighted by Crippen LogP contribution is -2.52. The molecule has 3 aliphatic heterocycles. The minimum atomic E-state index is -0.432. The standard InChI is InChI=1S/C24H35N5O4/c1-16(2)33-23(30)28-13-17(3)29(24(31)32-4)21-6-5-19(11-22(21)28)20-12-26-27(15-20)14-18-7-9-25-10-8-18/h5-6,9,11,16-18,20,26H,7-8,10,12-15H2,1-4H3/t17-,18+,20?/m0/s1. The number of hydrazine groups is 1. The van der Waals surface area contributed by atoms with Crippen LogP contribution in [0.1, 0.15) is 45.1 Å². The Morgan fingerprint density at radius 2 is 2.03 bits per heavy atom. The van der Waals surface area contributed by atoms with Gasteiger partial charge in [0.15, 0.2) is 0 Å². The summed E-state index contributed by atoms with van der Waals surface area (Å²) in [4.78, 5) is 33.0. The molecule has 33 heavy (non-hydrogen) atoms. The van der Waals surface area contributed by atoms with E-state index in [0.717, 1.165) is 44.6 Å². The van der Waals surface area contributed by atoms with Gasteiger partial charge < -0.3 is 9.47 Å². The summed E-state index contributed by atoms with van der Waals surface area (Å²) < 4.78 is 10.5. The van der Waals surface area contributed by atoms with Crippen molar-refractivity contribution in [1.82, 2.24) is 10.4 Å². The number of hydrogen-bond acceptors (Lipinski definition) is 7. The van der Waals surface area contributed by atoms with Crippen molar-refractivity contribution >= 4 is 29.8 Å². The fourth-order valence-electron chi connectivity index (χ4n) is 4.87. The van der Waals surface area contributed by atoms with Gasteiger partial charge in [0.25, 0.3) is 0 Å². The first kappa shape index (κ1) is 23.5. The number of anilines is 2. The van der Waals surface area contributed by atoms with Crippen LogP contribution in [0.2, 0.25) is 0 Å². The van der Waals surface area contributed by atoms with Gasteiger partial charge in [0, 0.05) is 32.1 Å².